The van der Waals surface area contributed by atoms with E-state index in [0.717, 1.165) is 22.2 Å². The average molecular weight is 612 g/mol. The maximum Gasteiger partial charge on any atom is 0.332 e. The Morgan fingerprint density at radius 2 is 1.18 bits per heavy atom. The Hall–Kier alpha value is -2.89. The van der Waals surface area contributed by atoms with Gasteiger partial charge >= 0.3 is 7.60 Å². The predicted octanol–water partition coefficient (Wildman–Crippen LogP) is 8.93. The van der Waals surface area contributed by atoms with E-state index < -0.39 is 7.60 Å². The highest BCUT2D eigenvalue weighted by molar-refractivity contribution is 9.08. The zero-order chi connectivity index (χ0) is 27.9. The first-order valence-corrected chi connectivity index (χ1v) is 15.8. The van der Waals surface area contributed by atoms with E-state index in [1.807, 2.05) is 79.7 Å². The van der Waals surface area contributed by atoms with Crippen molar-refractivity contribution in [3.8, 4) is 11.5 Å². The Bertz CT molecular complexity index is 1300. The molecule has 0 aliphatic rings. The highest BCUT2D eigenvalue weighted by Gasteiger charge is 2.22. The molecule has 4 aromatic carbocycles. The summed E-state index contributed by atoms with van der Waals surface area (Å²) in [6.45, 7) is 4.79. The Labute approximate surface area is 240 Å². The molecule has 39 heavy (non-hydrogen) atoms. The summed E-state index contributed by atoms with van der Waals surface area (Å²) >= 11 is 3.43. The van der Waals surface area contributed by atoms with Crippen LogP contribution in [0, 0.1) is 0 Å². The van der Waals surface area contributed by atoms with Gasteiger partial charge in [-0.2, -0.15) is 0 Å². The van der Waals surface area contributed by atoms with Crippen molar-refractivity contribution in [2.75, 3.05) is 0 Å². The van der Waals surface area contributed by atoms with Crippen LogP contribution in [0.3, 0.4) is 0 Å². The summed E-state index contributed by atoms with van der Waals surface area (Å²) in [7, 11) is -3.64. The summed E-state index contributed by atoms with van der Waals surface area (Å²) in [6, 6.07) is 35.4. The van der Waals surface area contributed by atoms with Crippen molar-refractivity contribution in [1.82, 2.24) is 0 Å². The van der Waals surface area contributed by atoms with E-state index in [4.69, 9.17) is 14.0 Å². The molecule has 5 nitrogen and oxygen atoms in total. The molecule has 0 radical (unpaired) electrons. The quantitative estimate of drug-likeness (QED) is 0.128. The first-order valence-electron chi connectivity index (χ1n) is 12.9. The third-order valence-corrected chi connectivity index (χ3v) is 7.85. The standard InChI is InChI=1S/C18H23O4P.C14H13BrO/c1-3-15(2)22-23(19,20)14-17-10-7-11-18(12-17)21-13-16-8-5-4-6-9-16;15-10-13-7-4-8-14(9-13)16-11-12-5-2-1-3-6-12/h4-12,15H,3,13-14H2,1-2H3,(H,19,20);1-9H,10-11H2. The Morgan fingerprint density at radius 1 is 0.718 bits per heavy atom. The van der Waals surface area contributed by atoms with Gasteiger partial charge in [-0.1, -0.05) is 108 Å². The number of rotatable bonds is 12. The van der Waals surface area contributed by atoms with E-state index in [1.165, 1.54) is 11.1 Å². The van der Waals surface area contributed by atoms with Crippen molar-refractivity contribution in [3.05, 3.63) is 131 Å². The van der Waals surface area contributed by atoms with E-state index >= 15 is 0 Å². The maximum atomic E-state index is 12.1. The molecule has 2 atom stereocenters. The van der Waals surface area contributed by atoms with Crippen LogP contribution in [0.5, 0.6) is 11.5 Å². The lowest BCUT2D eigenvalue weighted by Crippen LogP contribution is -2.05. The van der Waals surface area contributed by atoms with Gasteiger partial charge in [-0.05, 0) is 59.9 Å². The second kappa shape index (κ2) is 16.3. The van der Waals surface area contributed by atoms with Crippen LogP contribution in [0.25, 0.3) is 0 Å². The number of hydrogen-bond donors (Lipinski definition) is 1. The minimum Gasteiger partial charge on any atom is -0.489 e. The molecule has 4 rings (SSSR count). The molecule has 2 unspecified atom stereocenters. The Morgan fingerprint density at radius 3 is 1.67 bits per heavy atom. The van der Waals surface area contributed by atoms with Gasteiger partial charge in [0.25, 0.3) is 0 Å². The van der Waals surface area contributed by atoms with Crippen molar-refractivity contribution in [1.29, 1.82) is 0 Å². The Balaban J connectivity index is 0.000000230. The van der Waals surface area contributed by atoms with Crippen LogP contribution in [0.2, 0.25) is 0 Å². The van der Waals surface area contributed by atoms with Gasteiger partial charge in [-0.25, -0.2) is 0 Å². The second-order valence-electron chi connectivity index (χ2n) is 9.10. The molecule has 0 fully saturated rings. The number of ether oxygens (including phenoxy) is 2. The number of alkyl halides is 1. The molecule has 0 spiro atoms. The van der Waals surface area contributed by atoms with Gasteiger partial charge in [0, 0.05) is 5.33 Å². The van der Waals surface area contributed by atoms with E-state index in [9.17, 15) is 9.46 Å². The molecule has 0 aliphatic heterocycles. The zero-order valence-corrected chi connectivity index (χ0v) is 24.9. The van der Waals surface area contributed by atoms with Crippen LogP contribution in [0.4, 0.5) is 0 Å². The largest absolute Gasteiger partial charge is 0.489 e. The van der Waals surface area contributed by atoms with Crippen LogP contribution in [0.15, 0.2) is 109 Å². The van der Waals surface area contributed by atoms with Gasteiger partial charge < -0.3 is 18.9 Å². The summed E-state index contributed by atoms with van der Waals surface area (Å²) < 4.78 is 28.8. The monoisotopic (exact) mass is 610 g/mol. The SMILES string of the molecule is BrCc1cccc(OCc2ccccc2)c1.CCC(C)OP(=O)(O)Cc1cccc(OCc2ccccc2)c1. The summed E-state index contributed by atoms with van der Waals surface area (Å²) in [6.07, 6.45) is 0.452. The summed E-state index contributed by atoms with van der Waals surface area (Å²) in [5.74, 6) is 1.59. The lowest BCUT2D eigenvalue weighted by Gasteiger charge is -2.17. The van der Waals surface area contributed by atoms with E-state index in [0.29, 0.717) is 25.4 Å². The van der Waals surface area contributed by atoms with Crippen molar-refractivity contribution in [2.45, 2.75) is 51.1 Å². The van der Waals surface area contributed by atoms with Crippen molar-refractivity contribution in [2.24, 2.45) is 0 Å². The lowest BCUT2D eigenvalue weighted by atomic mass is 10.2. The van der Waals surface area contributed by atoms with Crippen LogP contribution >= 0.6 is 23.5 Å². The molecular formula is C32H36BrO5P. The second-order valence-corrected chi connectivity index (χ2v) is 11.5. The zero-order valence-electron chi connectivity index (χ0n) is 22.4. The third kappa shape index (κ3) is 11.8. The van der Waals surface area contributed by atoms with Gasteiger partial charge in [0.1, 0.15) is 24.7 Å². The smallest absolute Gasteiger partial charge is 0.332 e. The molecule has 7 heteroatoms. The average Bonchev–Trinajstić information content (AvgIpc) is 2.96. The third-order valence-electron chi connectivity index (χ3n) is 5.75. The molecule has 206 valence electrons. The topological polar surface area (TPSA) is 65.0 Å². The van der Waals surface area contributed by atoms with Gasteiger partial charge in [-0.15, -0.1) is 0 Å². The van der Waals surface area contributed by atoms with Crippen LogP contribution in [0.1, 0.15) is 42.5 Å². The summed E-state index contributed by atoms with van der Waals surface area (Å²) in [4.78, 5) is 9.96. The minimum absolute atomic E-state index is 0.0140. The molecule has 0 aliphatic carbocycles. The Kier molecular flexibility index (Phi) is 12.8. The van der Waals surface area contributed by atoms with E-state index in [1.54, 1.807) is 19.1 Å². The van der Waals surface area contributed by atoms with Gasteiger partial charge in [0.05, 0.1) is 12.3 Å². The molecule has 0 aromatic heterocycles. The highest BCUT2D eigenvalue weighted by Crippen LogP contribution is 2.47. The first kappa shape index (κ1) is 30.6. The van der Waals surface area contributed by atoms with Crippen molar-refractivity contribution < 1.29 is 23.5 Å². The van der Waals surface area contributed by atoms with Gasteiger partial charge in [0.15, 0.2) is 0 Å². The van der Waals surface area contributed by atoms with Gasteiger partial charge in [-0.3, -0.25) is 4.57 Å². The minimum atomic E-state index is -3.64. The van der Waals surface area contributed by atoms with Crippen molar-refractivity contribution in [3.63, 3.8) is 0 Å². The molecule has 1 N–H and O–H groups in total. The van der Waals surface area contributed by atoms with Crippen LogP contribution < -0.4 is 9.47 Å². The first-order chi connectivity index (χ1) is 18.9. The molecule has 4 aromatic rings. The van der Waals surface area contributed by atoms with E-state index in [2.05, 4.69) is 40.2 Å². The number of benzene rings is 4. The fraction of sp³-hybridized carbons (Fsp3) is 0.250. The molecule has 0 bridgehead atoms. The van der Waals surface area contributed by atoms with E-state index in [-0.39, 0.29) is 12.3 Å². The maximum absolute atomic E-state index is 12.1. The number of hydrogen-bond acceptors (Lipinski definition) is 4. The fourth-order valence-corrected chi connectivity index (χ4v) is 5.35. The fourth-order valence-electron chi connectivity index (χ4n) is 3.56. The molecular weight excluding hydrogens is 575 g/mol. The summed E-state index contributed by atoms with van der Waals surface area (Å²) in [5, 5.41) is 0.857. The van der Waals surface area contributed by atoms with Gasteiger partial charge in [0.2, 0.25) is 0 Å². The number of halogens is 1. The normalized spacial score (nSPS) is 12.9. The summed E-state index contributed by atoms with van der Waals surface area (Å²) in [5.41, 5.74) is 4.22. The van der Waals surface area contributed by atoms with Crippen molar-refractivity contribution >= 4 is 23.5 Å². The molecule has 0 amide bonds. The van der Waals surface area contributed by atoms with Crippen LogP contribution in [-0.2, 0) is 33.8 Å². The molecule has 0 heterocycles. The lowest BCUT2D eigenvalue weighted by molar-refractivity contribution is 0.185. The predicted molar refractivity (Wildman–Crippen MR) is 161 cm³/mol. The van der Waals surface area contributed by atoms with Crippen LogP contribution in [-0.4, -0.2) is 11.0 Å². The molecule has 0 saturated heterocycles. The highest BCUT2D eigenvalue weighted by atomic mass is 79.9. The molecule has 0 saturated carbocycles.